The first kappa shape index (κ1) is 6.06. The summed E-state index contributed by atoms with van der Waals surface area (Å²) in [6.07, 6.45) is -5.13. The summed E-state index contributed by atoms with van der Waals surface area (Å²) in [6, 6.07) is -1.61. The first-order valence-electron chi connectivity index (χ1n) is 9.87. The Morgan fingerprint density at radius 3 is 2.50 bits per heavy atom. The van der Waals surface area contributed by atoms with Crippen LogP contribution in [0.5, 0.6) is 0 Å². The second-order valence-electron chi connectivity index (χ2n) is 5.43. The van der Waals surface area contributed by atoms with Gasteiger partial charge in [-0.3, -0.25) is 4.98 Å². The Morgan fingerprint density at radius 1 is 1.33 bits per heavy atom. The van der Waals surface area contributed by atoms with Gasteiger partial charge in [-0.15, -0.1) is 0 Å². The zero-order chi connectivity index (χ0) is 20.1. The largest absolute Gasteiger partial charge is 0.514 e. The topological polar surface area (TPSA) is 31.4 Å². The molecule has 0 spiro atoms. The van der Waals surface area contributed by atoms with Gasteiger partial charge in [0.1, 0.15) is 0 Å². The molecule has 1 aliphatic carbocycles. The van der Waals surface area contributed by atoms with E-state index >= 15 is 0 Å². The van der Waals surface area contributed by atoms with Crippen LogP contribution in [0.1, 0.15) is 63.0 Å². The number of pyridine rings is 1. The predicted octanol–water partition coefficient (Wildman–Crippen LogP) is 2.26. The van der Waals surface area contributed by atoms with E-state index in [9.17, 15) is 0 Å². The van der Waals surface area contributed by atoms with Crippen LogP contribution >= 0.6 is 0 Å². The Labute approximate surface area is 120 Å². The Balaban J connectivity index is 2.15. The first-order valence-corrected chi connectivity index (χ1v) is 5.87. The molecule has 2 heterocycles. The summed E-state index contributed by atoms with van der Waals surface area (Å²) in [5.41, 5.74) is -2.15. The van der Waals surface area contributed by atoms with Crippen LogP contribution < -0.4 is 5.59 Å². The smallest absolute Gasteiger partial charge is 0.398 e. The SMILES string of the molecule is [2H]c1c(B2OC(C)(C)C(C)(C)O2)nc(C2([2H])C([2H])([2H])C2([2H])[2H])c([2H])c1[2H]. The standard InChI is InChI=1S/C14H20BNO2/c1-13(2)14(3,4)18-15(17-13)12-7-5-6-11(16-12)10-8-9-10/h5-7,10H,8-9H2,1-4H3/i5D,6D,7D,8D2,9D2,10D. The summed E-state index contributed by atoms with van der Waals surface area (Å²) in [5, 5.41) is 0. The maximum atomic E-state index is 8.26. The number of hydrogen-bond donors (Lipinski definition) is 0. The summed E-state index contributed by atoms with van der Waals surface area (Å²) in [6.45, 7) is 7.18. The lowest BCUT2D eigenvalue weighted by molar-refractivity contribution is 0.00578. The summed E-state index contributed by atoms with van der Waals surface area (Å²) < 4.78 is 75.1. The van der Waals surface area contributed by atoms with E-state index in [1.165, 1.54) is 0 Å². The van der Waals surface area contributed by atoms with Crippen molar-refractivity contribution in [1.29, 1.82) is 0 Å². The van der Waals surface area contributed by atoms with Crippen LogP contribution in [0.2, 0.25) is 0 Å². The highest BCUT2D eigenvalue weighted by molar-refractivity contribution is 6.61. The maximum absolute atomic E-state index is 8.26. The Bertz CT molecular complexity index is 768. The van der Waals surface area contributed by atoms with Gasteiger partial charge in [-0.1, -0.05) is 6.04 Å². The van der Waals surface area contributed by atoms with Crippen LogP contribution in [0.3, 0.4) is 0 Å². The van der Waals surface area contributed by atoms with Gasteiger partial charge in [0.15, 0.2) is 0 Å². The fraction of sp³-hybridized carbons (Fsp3) is 0.643. The molecular formula is C14H20BNO2. The summed E-state index contributed by atoms with van der Waals surface area (Å²) in [4.78, 5) is 4.06. The maximum Gasteiger partial charge on any atom is 0.514 e. The number of hydrogen-bond acceptors (Lipinski definition) is 3. The number of rotatable bonds is 2. The van der Waals surface area contributed by atoms with Crippen molar-refractivity contribution in [1.82, 2.24) is 4.98 Å². The van der Waals surface area contributed by atoms with Crippen molar-refractivity contribution < 1.29 is 20.3 Å². The summed E-state index contributed by atoms with van der Waals surface area (Å²) in [5.74, 6) is -2.43. The fourth-order valence-electron chi connectivity index (χ4n) is 1.67. The molecule has 0 bridgehead atoms. The van der Waals surface area contributed by atoms with Crippen molar-refractivity contribution in [2.75, 3.05) is 0 Å². The molecule has 3 nitrogen and oxygen atoms in total. The van der Waals surface area contributed by atoms with Crippen LogP contribution in [0.4, 0.5) is 0 Å². The van der Waals surface area contributed by atoms with Crippen LogP contribution in [-0.2, 0) is 9.31 Å². The van der Waals surface area contributed by atoms with Gasteiger partial charge < -0.3 is 9.31 Å². The van der Waals surface area contributed by atoms with Crippen LogP contribution in [0.25, 0.3) is 0 Å². The molecule has 1 aromatic heterocycles. The second-order valence-corrected chi connectivity index (χ2v) is 5.43. The third kappa shape index (κ3) is 1.97. The Hall–Kier alpha value is -0.865. The first-order chi connectivity index (χ1) is 11.5. The minimum absolute atomic E-state index is 0.148. The molecule has 0 amide bonds. The highest BCUT2D eigenvalue weighted by atomic mass is 16.7. The summed E-state index contributed by atoms with van der Waals surface area (Å²) in [7, 11) is -1.13. The van der Waals surface area contributed by atoms with Gasteiger partial charge in [0, 0.05) is 18.4 Å². The highest BCUT2D eigenvalue weighted by Crippen LogP contribution is 2.39. The molecule has 3 rings (SSSR count). The molecule has 4 heteroatoms. The van der Waals surface area contributed by atoms with Crippen molar-refractivity contribution in [3.05, 3.63) is 23.8 Å². The van der Waals surface area contributed by atoms with E-state index < -0.39 is 60.8 Å². The molecule has 2 aliphatic rings. The van der Waals surface area contributed by atoms with Crippen molar-refractivity contribution in [3.63, 3.8) is 0 Å². The predicted molar refractivity (Wildman–Crippen MR) is 71.9 cm³/mol. The highest BCUT2D eigenvalue weighted by Gasteiger charge is 2.52. The Kier molecular flexibility index (Phi) is 1.28. The van der Waals surface area contributed by atoms with E-state index in [2.05, 4.69) is 4.98 Å². The lowest BCUT2D eigenvalue weighted by atomic mass is 9.84. The van der Waals surface area contributed by atoms with Gasteiger partial charge in [0.05, 0.1) is 20.9 Å². The lowest BCUT2D eigenvalue weighted by Crippen LogP contribution is -2.41. The van der Waals surface area contributed by atoms with Crippen molar-refractivity contribution in [3.8, 4) is 0 Å². The fourth-order valence-corrected chi connectivity index (χ4v) is 1.67. The molecule has 0 unspecified atom stereocenters. The van der Waals surface area contributed by atoms with E-state index in [-0.39, 0.29) is 5.59 Å². The molecule has 96 valence electrons. The van der Waals surface area contributed by atoms with Gasteiger partial charge >= 0.3 is 7.12 Å². The van der Waals surface area contributed by atoms with Gasteiger partial charge in [0.2, 0.25) is 0 Å². The summed E-state index contributed by atoms with van der Waals surface area (Å²) >= 11 is 0. The molecule has 0 N–H and O–H groups in total. The van der Waals surface area contributed by atoms with E-state index in [4.69, 9.17) is 20.3 Å². The molecule has 18 heavy (non-hydrogen) atoms. The minimum Gasteiger partial charge on any atom is -0.398 e. The van der Waals surface area contributed by atoms with E-state index in [1.807, 2.05) is 0 Å². The van der Waals surface area contributed by atoms with Crippen LogP contribution in [-0.4, -0.2) is 23.3 Å². The van der Waals surface area contributed by atoms with E-state index in [1.54, 1.807) is 27.7 Å². The molecule has 1 saturated carbocycles. The van der Waals surface area contributed by atoms with Crippen molar-refractivity contribution in [2.24, 2.45) is 0 Å². The zero-order valence-electron chi connectivity index (χ0n) is 18.8. The normalized spacial score (nSPS) is 39.2. The molecule has 0 atom stereocenters. The molecule has 1 aromatic rings. The molecular weight excluding hydrogens is 225 g/mol. The average Bonchev–Trinajstić information content (AvgIpc) is 2.69. The van der Waals surface area contributed by atoms with Gasteiger partial charge in [0.25, 0.3) is 0 Å². The molecule has 2 fully saturated rings. The number of aromatic nitrogens is 1. The van der Waals surface area contributed by atoms with Gasteiger partial charge in [-0.05, 0) is 52.5 Å². The van der Waals surface area contributed by atoms with Gasteiger partial charge in [-0.2, -0.15) is 0 Å². The van der Waals surface area contributed by atoms with Crippen LogP contribution in [0.15, 0.2) is 18.1 Å². The molecule has 0 aromatic carbocycles. The monoisotopic (exact) mass is 253 g/mol. The third-order valence-electron chi connectivity index (χ3n) is 3.57. The lowest BCUT2D eigenvalue weighted by Gasteiger charge is -2.32. The molecule has 1 aliphatic heterocycles. The third-order valence-corrected chi connectivity index (χ3v) is 3.57. The second kappa shape index (κ2) is 3.81. The quantitative estimate of drug-likeness (QED) is 0.757. The zero-order valence-corrected chi connectivity index (χ0v) is 10.8. The van der Waals surface area contributed by atoms with E-state index in [0.29, 0.717) is 0 Å². The molecule has 1 saturated heterocycles. The molecule has 0 radical (unpaired) electrons. The number of nitrogens with zero attached hydrogens (tertiary/aromatic N) is 1. The van der Waals surface area contributed by atoms with Gasteiger partial charge in [-0.25, -0.2) is 0 Å². The average molecular weight is 253 g/mol. The van der Waals surface area contributed by atoms with Crippen LogP contribution in [0, 0.1) is 0 Å². The van der Waals surface area contributed by atoms with Crippen molar-refractivity contribution >= 4 is 12.7 Å². The minimum atomic E-state index is -2.56. The van der Waals surface area contributed by atoms with Crippen molar-refractivity contribution in [2.45, 2.75) is 57.5 Å². The van der Waals surface area contributed by atoms with E-state index in [0.717, 1.165) is 0 Å². The Morgan fingerprint density at radius 2 is 1.94 bits per heavy atom.